The van der Waals surface area contributed by atoms with Crippen LogP contribution in [0.2, 0.25) is 0 Å². The number of carbonyl (C=O) groups is 1. The number of benzene rings is 2. The second-order valence-electron chi connectivity index (χ2n) is 5.60. The highest BCUT2D eigenvalue weighted by Crippen LogP contribution is 2.27. The summed E-state index contributed by atoms with van der Waals surface area (Å²) in [5.41, 5.74) is 0.810. The second-order valence-corrected chi connectivity index (χ2v) is 6.65. The number of piperazine rings is 1. The van der Waals surface area contributed by atoms with E-state index in [0.717, 1.165) is 10.6 Å². The minimum atomic E-state index is -0.272. The molecule has 0 aliphatic carbocycles. The molecular formula is C18H19FN2O2S. The average molecular weight is 346 g/mol. The van der Waals surface area contributed by atoms with E-state index in [1.807, 2.05) is 17.0 Å². The van der Waals surface area contributed by atoms with Crippen molar-refractivity contribution < 1.29 is 14.3 Å². The molecule has 1 aliphatic rings. The Bertz CT molecular complexity index is 700. The number of hydrogen-bond donors (Lipinski definition) is 1. The summed E-state index contributed by atoms with van der Waals surface area (Å²) in [6, 6.07) is 13.4. The van der Waals surface area contributed by atoms with Crippen LogP contribution in [-0.2, 0) is 4.79 Å². The molecule has 1 saturated heterocycles. The van der Waals surface area contributed by atoms with Gasteiger partial charge in [0.15, 0.2) is 0 Å². The minimum Gasteiger partial charge on any atom is -0.506 e. The maximum atomic E-state index is 12.9. The molecule has 1 amide bonds. The number of rotatable bonds is 4. The zero-order valence-electron chi connectivity index (χ0n) is 13.2. The van der Waals surface area contributed by atoms with E-state index >= 15 is 0 Å². The van der Waals surface area contributed by atoms with Crippen LogP contribution in [0, 0.1) is 5.82 Å². The first kappa shape index (κ1) is 16.6. The van der Waals surface area contributed by atoms with E-state index in [1.165, 1.54) is 23.9 Å². The van der Waals surface area contributed by atoms with Crippen LogP contribution in [0.25, 0.3) is 0 Å². The zero-order chi connectivity index (χ0) is 16.9. The van der Waals surface area contributed by atoms with Crippen molar-refractivity contribution in [3.8, 4) is 5.75 Å². The smallest absolute Gasteiger partial charge is 0.233 e. The highest BCUT2D eigenvalue weighted by atomic mass is 32.2. The molecule has 4 nitrogen and oxygen atoms in total. The molecule has 1 heterocycles. The molecular weight excluding hydrogens is 327 g/mol. The number of nitrogens with zero attached hydrogens (tertiary/aromatic N) is 2. The Hall–Kier alpha value is -2.21. The highest BCUT2D eigenvalue weighted by molar-refractivity contribution is 8.00. The lowest BCUT2D eigenvalue weighted by molar-refractivity contribution is -0.128. The number of amides is 1. The fourth-order valence-electron chi connectivity index (χ4n) is 2.70. The fourth-order valence-corrected chi connectivity index (χ4v) is 3.50. The van der Waals surface area contributed by atoms with E-state index in [0.29, 0.717) is 31.9 Å². The predicted molar refractivity (Wildman–Crippen MR) is 94.0 cm³/mol. The van der Waals surface area contributed by atoms with Crippen molar-refractivity contribution in [2.45, 2.75) is 4.90 Å². The molecule has 2 aromatic carbocycles. The van der Waals surface area contributed by atoms with Gasteiger partial charge < -0.3 is 14.9 Å². The molecule has 0 unspecified atom stereocenters. The number of hydrogen-bond acceptors (Lipinski definition) is 4. The van der Waals surface area contributed by atoms with E-state index in [9.17, 15) is 14.3 Å². The molecule has 3 rings (SSSR count). The van der Waals surface area contributed by atoms with Gasteiger partial charge in [0.05, 0.1) is 11.4 Å². The Labute approximate surface area is 144 Å². The van der Waals surface area contributed by atoms with Crippen LogP contribution in [0.15, 0.2) is 53.4 Å². The second kappa shape index (κ2) is 7.57. The van der Waals surface area contributed by atoms with E-state index in [-0.39, 0.29) is 17.5 Å². The zero-order valence-corrected chi connectivity index (χ0v) is 14.0. The third-order valence-electron chi connectivity index (χ3n) is 4.03. The van der Waals surface area contributed by atoms with Gasteiger partial charge in [-0.15, -0.1) is 11.8 Å². The van der Waals surface area contributed by atoms with Crippen LogP contribution in [-0.4, -0.2) is 47.8 Å². The predicted octanol–water partition coefficient (Wildman–Crippen LogP) is 2.97. The van der Waals surface area contributed by atoms with Crippen LogP contribution >= 0.6 is 11.8 Å². The lowest BCUT2D eigenvalue weighted by Gasteiger charge is -2.36. The summed E-state index contributed by atoms with van der Waals surface area (Å²) in [6.45, 7) is 2.67. The van der Waals surface area contributed by atoms with Gasteiger partial charge in [-0.25, -0.2) is 4.39 Å². The van der Waals surface area contributed by atoms with Crippen molar-refractivity contribution in [1.29, 1.82) is 0 Å². The number of anilines is 1. The molecule has 6 heteroatoms. The third-order valence-corrected chi connectivity index (χ3v) is 5.03. The van der Waals surface area contributed by atoms with Crippen molar-refractivity contribution in [3.63, 3.8) is 0 Å². The van der Waals surface area contributed by atoms with Crippen LogP contribution < -0.4 is 4.90 Å². The first-order valence-electron chi connectivity index (χ1n) is 7.82. The summed E-state index contributed by atoms with van der Waals surface area (Å²) in [7, 11) is 0. The molecule has 0 radical (unpaired) electrons. The van der Waals surface area contributed by atoms with Gasteiger partial charge in [0.25, 0.3) is 0 Å². The first-order valence-corrected chi connectivity index (χ1v) is 8.81. The molecule has 0 spiro atoms. The Morgan fingerprint density at radius 3 is 2.38 bits per heavy atom. The average Bonchev–Trinajstić information content (AvgIpc) is 2.61. The van der Waals surface area contributed by atoms with Gasteiger partial charge in [-0.2, -0.15) is 0 Å². The quantitative estimate of drug-likeness (QED) is 0.865. The first-order chi connectivity index (χ1) is 11.6. The normalized spacial score (nSPS) is 14.7. The van der Waals surface area contributed by atoms with Gasteiger partial charge >= 0.3 is 0 Å². The molecule has 0 saturated carbocycles. The Morgan fingerprint density at radius 2 is 1.71 bits per heavy atom. The monoisotopic (exact) mass is 346 g/mol. The number of thioether (sulfide) groups is 1. The van der Waals surface area contributed by atoms with Crippen LogP contribution in [0.5, 0.6) is 5.75 Å². The number of phenolic OH excluding ortho intramolecular Hbond substituents is 1. The number of halogens is 1. The van der Waals surface area contributed by atoms with E-state index in [1.54, 1.807) is 24.3 Å². The number of carbonyl (C=O) groups excluding carboxylic acids is 1. The minimum absolute atomic E-state index is 0.0845. The molecule has 0 atom stereocenters. The highest BCUT2D eigenvalue weighted by Gasteiger charge is 2.22. The van der Waals surface area contributed by atoms with Gasteiger partial charge in [0, 0.05) is 31.1 Å². The van der Waals surface area contributed by atoms with Gasteiger partial charge in [0.2, 0.25) is 5.91 Å². The molecule has 1 fully saturated rings. The van der Waals surface area contributed by atoms with Gasteiger partial charge in [-0.1, -0.05) is 12.1 Å². The molecule has 1 N–H and O–H groups in total. The van der Waals surface area contributed by atoms with E-state index in [4.69, 9.17) is 0 Å². The lowest BCUT2D eigenvalue weighted by atomic mass is 10.2. The van der Waals surface area contributed by atoms with Crippen molar-refractivity contribution in [3.05, 3.63) is 54.3 Å². The largest absolute Gasteiger partial charge is 0.506 e. The Kier molecular flexibility index (Phi) is 5.25. The molecule has 0 bridgehead atoms. The summed E-state index contributed by atoms with van der Waals surface area (Å²) in [5.74, 6) is 0.429. The summed E-state index contributed by atoms with van der Waals surface area (Å²) in [4.78, 5) is 17.1. The maximum absolute atomic E-state index is 12.9. The summed E-state index contributed by atoms with van der Waals surface area (Å²) >= 11 is 1.42. The third kappa shape index (κ3) is 4.00. The summed E-state index contributed by atoms with van der Waals surface area (Å²) in [6.07, 6.45) is 0. The summed E-state index contributed by atoms with van der Waals surface area (Å²) < 4.78 is 12.9. The molecule has 126 valence electrons. The molecule has 0 aromatic heterocycles. The van der Waals surface area contributed by atoms with Gasteiger partial charge in [-0.05, 0) is 36.4 Å². The van der Waals surface area contributed by atoms with E-state index in [2.05, 4.69) is 4.90 Å². The van der Waals surface area contributed by atoms with Crippen molar-refractivity contribution in [2.24, 2.45) is 0 Å². The molecule has 24 heavy (non-hydrogen) atoms. The van der Waals surface area contributed by atoms with Gasteiger partial charge in [-0.3, -0.25) is 4.79 Å². The molecule has 2 aromatic rings. The Morgan fingerprint density at radius 1 is 1.04 bits per heavy atom. The van der Waals surface area contributed by atoms with Crippen molar-refractivity contribution >= 4 is 23.4 Å². The van der Waals surface area contributed by atoms with Crippen molar-refractivity contribution in [1.82, 2.24) is 4.90 Å². The number of aromatic hydroxyl groups is 1. The standard InChI is InChI=1S/C18H19FN2O2S/c19-14-5-7-15(8-6-14)24-13-18(23)21-11-9-20(10-12-21)16-3-1-2-4-17(16)22/h1-8,22H,9-13H2. The van der Waals surface area contributed by atoms with Crippen molar-refractivity contribution in [2.75, 3.05) is 36.8 Å². The summed E-state index contributed by atoms with van der Waals surface area (Å²) in [5, 5.41) is 9.92. The van der Waals surface area contributed by atoms with Crippen LogP contribution in [0.3, 0.4) is 0 Å². The number of phenols is 1. The maximum Gasteiger partial charge on any atom is 0.233 e. The lowest BCUT2D eigenvalue weighted by Crippen LogP contribution is -2.49. The van der Waals surface area contributed by atoms with E-state index < -0.39 is 0 Å². The SMILES string of the molecule is O=C(CSc1ccc(F)cc1)N1CCN(c2ccccc2O)CC1. The fraction of sp³-hybridized carbons (Fsp3) is 0.278. The Balaban J connectivity index is 1.50. The van der Waals surface area contributed by atoms with Crippen LogP contribution in [0.1, 0.15) is 0 Å². The number of para-hydroxylation sites is 2. The van der Waals surface area contributed by atoms with Gasteiger partial charge in [0.1, 0.15) is 11.6 Å². The van der Waals surface area contributed by atoms with Crippen LogP contribution in [0.4, 0.5) is 10.1 Å². The topological polar surface area (TPSA) is 43.8 Å². The molecule has 1 aliphatic heterocycles.